The highest BCUT2D eigenvalue weighted by Crippen LogP contribution is 2.35. The molecule has 2 aromatic carbocycles. The minimum Gasteiger partial charge on any atom is -0.445 e. The lowest BCUT2D eigenvalue weighted by Gasteiger charge is -2.42. The fraction of sp³-hybridized carbons (Fsp3) is 0.435. The lowest BCUT2D eigenvalue weighted by Crippen LogP contribution is -2.54. The van der Waals surface area contributed by atoms with Gasteiger partial charge in [-0.05, 0) is 29.4 Å². The Bertz CT molecular complexity index is 719. The molecule has 0 aromatic heterocycles. The molecule has 4 heteroatoms. The van der Waals surface area contributed by atoms with E-state index in [-0.39, 0.29) is 23.6 Å². The summed E-state index contributed by atoms with van der Waals surface area (Å²) in [4.78, 5) is 12.0. The Balaban J connectivity index is 1.44. The maximum Gasteiger partial charge on any atom is 0.407 e. The van der Waals surface area contributed by atoms with Crippen LogP contribution in [0.1, 0.15) is 50.8 Å². The van der Waals surface area contributed by atoms with Crippen molar-refractivity contribution in [2.75, 3.05) is 0 Å². The lowest BCUT2D eigenvalue weighted by atomic mass is 9.79. The molecule has 1 unspecified atom stereocenters. The van der Waals surface area contributed by atoms with Gasteiger partial charge in [0.05, 0.1) is 0 Å². The number of ether oxygens (including phenoxy) is 1. The maximum absolute atomic E-state index is 12.0. The number of alkyl carbamates (subject to hydrolysis) is 1. The summed E-state index contributed by atoms with van der Waals surface area (Å²) >= 11 is 0. The Morgan fingerprint density at radius 1 is 1.00 bits per heavy atom. The van der Waals surface area contributed by atoms with E-state index in [2.05, 4.69) is 55.7 Å². The van der Waals surface area contributed by atoms with Gasteiger partial charge in [-0.25, -0.2) is 4.79 Å². The van der Waals surface area contributed by atoms with Crippen LogP contribution in [0.5, 0.6) is 0 Å². The standard InChI is InChI=1S/C23H30N2O2/c1-23(2,3)21(18-12-8-5-9-13-18)24-19-14-20(15-19)25-22(26)27-16-17-10-6-4-7-11-17/h4-13,19-21,24H,14-16H2,1-3H3,(H,25,26). The Morgan fingerprint density at radius 2 is 1.59 bits per heavy atom. The first-order valence-electron chi connectivity index (χ1n) is 9.70. The normalized spacial score (nSPS) is 20.4. The Kier molecular flexibility index (Phi) is 6.17. The maximum atomic E-state index is 12.0. The highest BCUT2D eigenvalue weighted by molar-refractivity contribution is 5.67. The van der Waals surface area contributed by atoms with Crippen molar-refractivity contribution in [3.05, 3.63) is 71.8 Å². The molecule has 0 saturated heterocycles. The van der Waals surface area contributed by atoms with Crippen molar-refractivity contribution in [1.82, 2.24) is 10.6 Å². The number of hydrogen-bond donors (Lipinski definition) is 2. The van der Waals surface area contributed by atoms with Crippen LogP contribution in [0.2, 0.25) is 0 Å². The zero-order valence-corrected chi connectivity index (χ0v) is 16.4. The summed E-state index contributed by atoms with van der Waals surface area (Å²) in [5.74, 6) is 0. The fourth-order valence-electron chi connectivity index (χ4n) is 3.53. The molecule has 27 heavy (non-hydrogen) atoms. The van der Waals surface area contributed by atoms with Crippen molar-refractivity contribution in [3.63, 3.8) is 0 Å². The van der Waals surface area contributed by atoms with Crippen LogP contribution < -0.4 is 10.6 Å². The van der Waals surface area contributed by atoms with Crippen molar-refractivity contribution < 1.29 is 9.53 Å². The summed E-state index contributed by atoms with van der Waals surface area (Å²) in [5, 5.41) is 6.75. The number of rotatable bonds is 6. The van der Waals surface area contributed by atoms with Crippen LogP contribution >= 0.6 is 0 Å². The number of nitrogens with one attached hydrogen (secondary N) is 2. The van der Waals surface area contributed by atoms with Gasteiger partial charge in [0.15, 0.2) is 0 Å². The average molecular weight is 367 g/mol. The van der Waals surface area contributed by atoms with E-state index in [1.807, 2.05) is 36.4 Å². The number of carbonyl (C=O) groups excluding carboxylic acids is 1. The molecule has 4 nitrogen and oxygen atoms in total. The number of benzene rings is 2. The largest absolute Gasteiger partial charge is 0.445 e. The smallest absolute Gasteiger partial charge is 0.407 e. The highest BCUT2D eigenvalue weighted by atomic mass is 16.5. The molecule has 0 heterocycles. The number of hydrogen-bond acceptors (Lipinski definition) is 3. The van der Waals surface area contributed by atoms with Crippen LogP contribution in [0, 0.1) is 5.41 Å². The zero-order valence-electron chi connectivity index (χ0n) is 16.4. The zero-order chi connectivity index (χ0) is 19.3. The van der Waals surface area contributed by atoms with E-state index < -0.39 is 0 Å². The predicted molar refractivity (Wildman–Crippen MR) is 108 cm³/mol. The van der Waals surface area contributed by atoms with E-state index >= 15 is 0 Å². The summed E-state index contributed by atoms with van der Waals surface area (Å²) < 4.78 is 5.30. The summed E-state index contributed by atoms with van der Waals surface area (Å²) in [6, 6.07) is 21.2. The van der Waals surface area contributed by atoms with Crippen molar-refractivity contribution in [2.45, 2.75) is 58.3 Å². The average Bonchev–Trinajstić information content (AvgIpc) is 2.62. The SMILES string of the molecule is CC(C)(C)C(NC1CC(NC(=O)OCc2ccccc2)C1)c1ccccc1. The molecule has 2 N–H and O–H groups in total. The molecule has 1 aliphatic rings. The molecule has 3 rings (SSSR count). The quantitative estimate of drug-likeness (QED) is 0.770. The first kappa shape index (κ1) is 19.4. The van der Waals surface area contributed by atoms with Crippen molar-refractivity contribution in [3.8, 4) is 0 Å². The van der Waals surface area contributed by atoms with Crippen LogP contribution in [0.15, 0.2) is 60.7 Å². The van der Waals surface area contributed by atoms with Gasteiger partial charge in [0.2, 0.25) is 0 Å². The molecular formula is C23H30N2O2. The van der Waals surface area contributed by atoms with E-state index in [0.29, 0.717) is 12.6 Å². The van der Waals surface area contributed by atoms with Gasteiger partial charge in [0.25, 0.3) is 0 Å². The van der Waals surface area contributed by atoms with Crippen LogP contribution in [0.25, 0.3) is 0 Å². The first-order valence-corrected chi connectivity index (χ1v) is 9.70. The fourth-order valence-corrected chi connectivity index (χ4v) is 3.53. The van der Waals surface area contributed by atoms with E-state index in [1.54, 1.807) is 0 Å². The Morgan fingerprint density at radius 3 is 2.19 bits per heavy atom. The van der Waals surface area contributed by atoms with Gasteiger partial charge in [-0.3, -0.25) is 0 Å². The molecule has 1 fully saturated rings. The highest BCUT2D eigenvalue weighted by Gasteiger charge is 2.35. The monoisotopic (exact) mass is 366 g/mol. The van der Waals surface area contributed by atoms with Gasteiger partial charge >= 0.3 is 6.09 Å². The number of amides is 1. The minimum absolute atomic E-state index is 0.120. The van der Waals surface area contributed by atoms with E-state index in [4.69, 9.17) is 4.74 Å². The van der Waals surface area contributed by atoms with Crippen LogP contribution in [-0.4, -0.2) is 18.2 Å². The Labute approximate surface area is 162 Å². The molecule has 0 bridgehead atoms. The van der Waals surface area contributed by atoms with Crippen molar-refractivity contribution in [1.29, 1.82) is 0 Å². The topological polar surface area (TPSA) is 50.4 Å². The second-order valence-electron chi connectivity index (χ2n) is 8.45. The molecule has 144 valence electrons. The molecule has 0 spiro atoms. The second kappa shape index (κ2) is 8.57. The molecular weight excluding hydrogens is 336 g/mol. The van der Waals surface area contributed by atoms with Gasteiger partial charge in [0.1, 0.15) is 6.61 Å². The summed E-state index contributed by atoms with van der Waals surface area (Å²) in [7, 11) is 0. The lowest BCUT2D eigenvalue weighted by molar-refractivity contribution is 0.120. The summed E-state index contributed by atoms with van der Waals surface area (Å²) in [5.41, 5.74) is 2.43. The third kappa shape index (κ3) is 5.57. The van der Waals surface area contributed by atoms with E-state index in [1.165, 1.54) is 5.56 Å². The molecule has 0 radical (unpaired) electrons. The third-order valence-electron chi connectivity index (χ3n) is 5.07. The number of carbonyl (C=O) groups is 1. The van der Waals surface area contributed by atoms with Gasteiger partial charge in [-0.15, -0.1) is 0 Å². The van der Waals surface area contributed by atoms with Gasteiger partial charge in [-0.2, -0.15) is 0 Å². The predicted octanol–water partition coefficient (Wildman–Crippen LogP) is 4.82. The van der Waals surface area contributed by atoms with Gasteiger partial charge < -0.3 is 15.4 Å². The van der Waals surface area contributed by atoms with Gasteiger partial charge in [-0.1, -0.05) is 81.4 Å². The molecule has 1 amide bonds. The summed E-state index contributed by atoms with van der Waals surface area (Å²) in [6.45, 7) is 7.08. The van der Waals surface area contributed by atoms with Crippen LogP contribution in [0.3, 0.4) is 0 Å². The van der Waals surface area contributed by atoms with Crippen molar-refractivity contribution in [2.24, 2.45) is 5.41 Å². The van der Waals surface area contributed by atoms with E-state index in [0.717, 1.165) is 18.4 Å². The van der Waals surface area contributed by atoms with Gasteiger partial charge in [0, 0.05) is 18.1 Å². The first-order chi connectivity index (χ1) is 12.9. The van der Waals surface area contributed by atoms with E-state index in [9.17, 15) is 4.79 Å². The second-order valence-corrected chi connectivity index (χ2v) is 8.45. The molecule has 1 atom stereocenters. The van der Waals surface area contributed by atoms with Crippen LogP contribution in [-0.2, 0) is 11.3 Å². The molecule has 0 aliphatic heterocycles. The minimum atomic E-state index is -0.335. The van der Waals surface area contributed by atoms with Crippen LogP contribution in [0.4, 0.5) is 4.79 Å². The molecule has 2 aromatic rings. The Hall–Kier alpha value is -2.33. The molecule has 1 saturated carbocycles. The molecule has 1 aliphatic carbocycles. The summed E-state index contributed by atoms with van der Waals surface area (Å²) in [6.07, 6.45) is 1.53. The third-order valence-corrected chi connectivity index (χ3v) is 5.07. The van der Waals surface area contributed by atoms with Crippen molar-refractivity contribution >= 4 is 6.09 Å².